The highest BCUT2D eigenvalue weighted by Gasteiger charge is 2.24. The highest BCUT2D eigenvalue weighted by Crippen LogP contribution is 2.32. The molecule has 0 spiro atoms. The van der Waals surface area contributed by atoms with Gasteiger partial charge in [-0.25, -0.2) is 0 Å². The van der Waals surface area contributed by atoms with Crippen LogP contribution in [-0.2, 0) is 9.53 Å². The molecule has 0 aromatic heterocycles. The molecule has 2 atom stereocenters. The molecule has 1 aliphatic heterocycles. The molecule has 1 heterocycles. The Labute approximate surface area is 129 Å². The second-order valence-electron chi connectivity index (χ2n) is 5.43. The minimum absolute atomic E-state index is 0.0374. The Kier molecular flexibility index (Phi) is 4.35. The van der Waals surface area contributed by atoms with Crippen LogP contribution in [0.25, 0.3) is 0 Å². The van der Waals surface area contributed by atoms with Gasteiger partial charge in [-0.1, -0.05) is 60.7 Å². The van der Waals surface area contributed by atoms with Crippen LogP contribution in [0.5, 0.6) is 0 Å². The second kappa shape index (κ2) is 6.58. The summed E-state index contributed by atoms with van der Waals surface area (Å²) < 4.78 is 5.92. The van der Waals surface area contributed by atoms with E-state index in [0.717, 1.165) is 11.1 Å². The quantitative estimate of drug-likeness (QED) is 0.934. The molecule has 112 valence electrons. The average Bonchev–Trinajstić information content (AvgIpc) is 2.56. The first kappa shape index (κ1) is 14.5. The van der Waals surface area contributed by atoms with Gasteiger partial charge in [-0.2, -0.15) is 0 Å². The van der Waals surface area contributed by atoms with Crippen molar-refractivity contribution in [3.63, 3.8) is 0 Å². The third-order valence-electron chi connectivity index (χ3n) is 3.75. The molecular weight excluding hydrogens is 276 g/mol. The molecule has 0 fully saturated rings. The molecule has 22 heavy (non-hydrogen) atoms. The van der Waals surface area contributed by atoms with Gasteiger partial charge in [-0.15, -0.1) is 0 Å². The molecule has 1 unspecified atom stereocenters. The maximum absolute atomic E-state index is 11.9. The molecule has 0 amide bonds. The van der Waals surface area contributed by atoms with Crippen molar-refractivity contribution in [3.05, 3.63) is 83.6 Å². The van der Waals surface area contributed by atoms with Gasteiger partial charge in [0.05, 0.1) is 12.5 Å². The van der Waals surface area contributed by atoms with Gasteiger partial charge in [0, 0.05) is 12.5 Å². The van der Waals surface area contributed by atoms with Crippen molar-refractivity contribution in [1.82, 2.24) is 0 Å². The van der Waals surface area contributed by atoms with Gasteiger partial charge >= 0.3 is 0 Å². The van der Waals surface area contributed by atoms with E-state index < -0.39 is 6.10 Å². The fourth-order valence-corrected chi connectivity index (χ4v) is 2.62. The summed E-state index contributed by atoms with van der Waals surface area (Å²) in [6, 6.07) is 19.1. The summed E-state index contributed by atoms with van der Waals surface area (Å²) in [4.78, 5) is 11.9. The molecular formula is C19H18O3. The highest BCUT2D eigenvalue weighted by atomic mass is 16.5. The van der Waals surface area contributed by atoms with Crippen LogP contribution in [0, 0.1) is 0 Å². The van der Waals surface area contributed by atoms with E-state index in [1.165, 1.54) is 6.08 Å². The third kappa shape index (κ3) is 3.43. The van der Waals surface area contributed by atoms with Crippen LogP contribution in [0.1, 0.15) is 36.2 Å². The molecule has 0 radical (unpaired) electrons. The molecule has 0 saturated carbocycles. The number of aliphatic hydroxyl groups is 1. The first-order valence-corrected chi connectivity index (χ1v) is 7.40. The number of hydrogen-bond donors (Lipinski definition) is 1. The lowest BCUT2D eigenvalue weighted by atomic mass is 9.99. The zero-order valence-electron chi connectivity index (χ0n) is 12.2. The summed E-state index contributed by atoms with van der Waals surface area (Å²) in [7, 11) is 0. The predicted octanol–water partition coefficient (Wildman–Crippen LogP) is 3.72. The zero-order chi connectivity index (χ0) is 15.4. The largest absolute Gasteiger partial charge is 0.489 e. The fourth-order valence-electron chi connectivity index (χ4n) is 2.62. The van der Waals surface area contributed by atoms with E-state index in [-0.39, 0.29) is 11.9 Å². The molecule has 1 N–H and O–H groups in total. The first-order valence-electron chi connectivity index (χ1n) is 7.40. The molecule has 1 aliphatic rings. The number of ketones is 1. The Balaban J connectivity index is 1.72. The van der Waals surface area contributed by atoms with Crippen molar-refractivity contribution in [3.8, 4) is 0 Å². The van der Waals surface area contributed by atoms with Crippen molar-refractivity contribution in [1.29, 1.82) is 0 Å². The molecule has 3 rings (SSSR count). The van der Waals surface area contributed by atoms with Crippen molar-refractivity contribution in [2.24, 2.45) is 0 Å². The van der Waals surface area contributed by atoms with Crippen LogP contribution in [0.4, 0.5) is 0 Å². The van der Waals surface area contributed by atoms with Gasteiger partial charge in [0.15, 0.2) is 5.78 Å². The minimum Gasteiger partial charge on any atom is -0.489 e. The molecule has 2 aromatic carbocycles. The number of carbonyl (C=O) groups is 1. The zero-order valence-corrected chi connectivity index (χ0v) is 12.2. The van der Waals surface area contributed by atoms with E-state index in [9.17, 15) is 9.90 Å². The normalized spacial score (nSPS) is 19.2. The van der Waals surface area contributed by atoms with Crippen LogP contribution in [0.15, 0.2) is 72.5 Å². The maximum Gasteiger partial charge on any atom is 0.163 e. The van der Waals surface area contributed by atoms with E-state index >= 15 is 0 Å². The van der Waals surface area contributed by atoms with E-state index in [1.807, 2.05) is 60.7 Å². The van der Waals surface area contributed by atoms with E-state index in [4.69, 9.17) is 4.74 Å². The van der Waals surface area contributed by atoms with Crippen LogP contribution in [-0.4, -0.2) is 10.9 Å². The molecule has 0 saturated heterocycles. The standard InChI is InChI=1S/C19H18O3/c20-16-11-17(13-18(21)14-7-3-1-4-8-14)22-19(12-16)15-9-5-2-6-10-15/h1-11,18-19,21H,12-13H2/t18-,19?/m0/s1. The number of rotatable bonds is 4. The lowest BCUT2D eigenvalue weighted by Crippen LogP contribution is -2.16. The summed E-state index contributed by atoms with van der Waals surface area (Å²) in [5.41, 5.74) is 1.80. The lowest BCUT2D eigenvalue weighted by molar-refractivity contribution is -0.118. The second-order valence-corrected chi connectivity index (χ2v) is 5.43. The van der Waals surface area contributed by atoms with Gasteiger partial charge in [0.2, 0.25) is 0 Å². The van der Waals surface area contributed by atoms with Gasteiger partial charge in [-0.3, -0.25) is 4.79 Å². The van der Waals surface area contributed by atoms with Gasteiger partial charge < -0.3 is 9.84 Å². The van der Waals surface area contributed by atoms with Gasteiger partial charge in [0.25, 0.3) is 0 Å². The number of allylic oxidation sites excluding steroid dienone is 1. The summed E-state index contributed by atoms with van der Waals surface area (Å²) in [5, 5.41) is 10.3. The van der Waals surface area contributed by atoms with Crippen molar-refractivity contribution >= 4 is 5.78 Å². The number of benzene rings is 2. The Morgan fingerprint density at radius 1 is 1.05 bits per heavy atom. The number of hydrogen-bond acceptors (Lipinski definition) is 3. The lowest BCUT2D eigenvalue weighted by Gasteiger charge is -2.25. The summed E-state index contributed by atoms with van der Waals surface area (Å²) in [6.45, 7) is 0. The van der Waals surface area contributed by atoms with Crippen LogP contribution < -0.4 is 0 Å². The Hall–Kier alpha value is -2.39. The third-order valence-corrected chi connectivity index (χ3v) is 3.75. The van der Waals surface area contributed by atoms with Gasteiger partial charge in [-0.05, 0) is 11.1 Å². The van der Waals surface area contributed by atoms with Crippen LogP contribution in [0.3, 0.4) is 0 Å². The molecule has 3 nitrogen and oxygen atoms in total. The van der Waals surface area contributed by atoms with Crippen molar-refractivity contribution < 1.29 is 14.6 Å². The smallest absolute Gasteiger partial charge is 0.163 e. The summed E-state index contributed by atoms with van der Waals surface area (Å²) >= 11 is 0. The number of carbonyl (C=O) groups excluding carboxylic acids is 1. The highest BCUT2D eigenvalue weighted by molar-refractivity contribution is 5.91. The van der Waals surface area contributed by atoms with Gasteiger partial charge in [0.1, 0.15) is 11.9 Å². The van der Waals surface area contributed by atoms with Crippen molar-refractivity contribution in [2.75, 3.05) is 0 Å². The Morgan fingerprint density at radius 2 is 1.68 bits per heavy atom. The van der Waals surface area contributed by atoms with E-state index in [0.29, 0.717) is 18.6 Å². The van der Waals surface area contributed by atoms with E-state index in [1.54, 1.807) is 0 Å². The Morgan fingerprint density at radius 3 is 2.36 bits per heavy atom. The molecule has 0 aliphatic carbocycles. The van der Waals surface area contributed by atoms with Crippen LogP contribution in [0.2, 0.25) is 0 Å². The minimum atomic E-state index is -0.672. The van der Waals surface area contributed by atoms with Crippen molar-refractivity contribution in [2.45, 2.75) is 25.0 Å². The summed E-state index contributed by atoms with van der Waals surface area (Å²) in [6.07, 6.45) is 1.21. The molecule has 0 bridgehead atoms. The maximum atomic E-state index is 11.9. The summed E-state index contributed by atoms with van der Waals surface area (Å²) in [5.74, 6) is 0.580. The SMILES string of the molecule is O=C1C=C(C[C@H](O)c2ccccc2)OC(c2ccccc2)C1. The molecule has 3 heteroatoms. The van der Waals surface area contributed by atoms with Crippen LogP contribution >= 0.6 is 0 Å². The first-order chi connectivity index (χ1) is 10.7. The number of aliphatic hydroxyl groups excluding tert-OH is 1. The molecule has 2 aromatic rings. The monoisotopic (exact) mass is 294 g/mol. The average molecular weight is 294 g/mol. The number of ether oxygens (including phenoxy) is 1. The van der Waals surface area contributed by atoms with E-state index in [2.05, 4.69) is 0 Å². The fraction of sp³-hybridized carbons (Fsp3) is 0.211. The topological polar surface area (TPSA) is 46.5 Å². The Bertz CT molecular complexity index is 662. The predicted molar refractivity (Wildman–Crippen MR) is 84.0 cm³/mol.